The molecule has 6 aliphatic rings. The van der Waals surface area contributed by atoms with Gasteiger partial charge in [-0.15, -0.1) is 0 Å². The quantitative estimate of drug-likeness (QED) is 0.134. The van der Waals surface area contributed by atoms with Crippen LogP contribution >= 0.6 is 11.8 Å². The van der Waals surface area contributed by atoms with Crippen LogP contribution in [0.4, 0.5) is 14.5 Å². The summed E-state index contributed by atoms with van der Waals surface area (Å²) < 4.78 is 46.7. The lowest BCUT2D eigenvalue weighted by atomic mass is 9.44. The van der Waals surface area contributed by atoms with Gasteiger partial charge in [-0.05, 0) is 93.0 Å². The number of benzene rings is 2. The minimum Gasteiger partial charge on any atom is -0.390 e. The molecule has 1 unspecified atom stereocenters. The number of hydrogen-bond donors (Lipinski definition) is 3. The molecule has 2 aromatic rings. The first-order valence-electron chi connectivity index (χ1n) is 19.8. The zero-order chi connectivity index (χ0) is 41.2. The smallest absolute Gasteiger partial charge is 0.253 e. The van der Waals surface area contributed by atoms with E-state index in [1.165, 1.54) is 47.9 Å². The van der Waals surface area contributed by atoms with Crippen molar-refractivity contribution in [3.8, 4) is 0 Å². The van der Waals surface area contributed by atoms with E-state index >= 15 is 8.78 Å². The van der Waals surface area contributed by atoms with Gasteiger partial charge in [-0.3, -0.25) is 24.1 Å². The lowest BCUT2D eigenvalue weighted by molar-refractivity contribution is -0.251. The molecule has 3 saturated carbocycles. The second-order valence-corrected chi connectivity index (χ2v) is 17.9. The molecule has 3 N–H and O–H groups in total. The molecule has 58 heavy (non-hydrogen) atoms. The van der Waals surface area contributed by atoms with E-state index in [0.717, 1.165) is 15.9 Å². The molecule has 2 aliphatic heterocycles. The van der Waals surface area contributed by atoms with Crippen LogP contribution in [0.1, 0.15) is 70.6 Å². The van der Waals surface area contributed by atoms with Crippen LogP contribution in [0.15, 0.2) is 94.3 Å². The minimum absolute atomic E-state index is 0.0160. The molecule has 11 atom stereocenters. The highest BCUT2D eigenvalue weighted by molar-refractivity contribution is 7.99. The van der Waals surface area contributed by atoms with Gasteiger partial charge in [0.1, 0.15) is 17.9 Å². The van der Waals surface area contributed by atoms with Crippen LogP contribution < -0.4 is 5.32 Å². The van der Waals surface area contributed by atoms with Gasteiger partial charge in [-0.25, -0.2) is 8.78 Å². The second kappa shape index (κ2) is 15.0. The number of alkyl halides is 2. The first-order chi connectivity index (χ1) is 27.6. The Bertz CT molecular complexity index is 2110. The third-order valence-electron chi connectivity index (χ3n) is 13.7. The number of halogens is 2. The van der Waals surface area contributed by atoms with Crippen LogP contribution in [0.25, 0.3) is 0 Å². The third kappa shape index (κ3) is 6.34. The molecular weight excluding hydrogens is 771 g/mol. The van der Waals surface area contributed by atoms with Crippen LogP contribution in [0.3, 0.4) is 0 Å². The molecule has 2 aromatic carbocycles. The van der Waals surface area contributed by atoms with Crippen LogP contribution in [-0.2, 0) is 33.4 Å². The van der Waals surface area contributed by atoms with Crippen molar-refractivity contribution >= 4 is 47.2 Å². The number of ether oxygens (including phenoxy) is 2. The van der Waals surface area contributed by atoms with Crippen molar-refractivity contribution in [1.82, 2.24) is 4.90 Å². The molecule has 0 bridgehead atoms. The fourth-order valence-corrected chi connectivity index (χ4v) is 11.7. The Kier molecular flexibility index (Phi) is 10.5. The van der Waals surface area contributed by atoms with Gasteiger partial charge < -0.3 is 29.8 Å². The monoisotopic (exact) mass is 816 g/mol. The number of imide groups is 1. The summed E-state index contributed by atoms with van der Waals surface area (Å²) in [6.07, 6.45) is 1.73. The highest BCUT2D eigenvalue weighted by Gasteiger charge is 2.79. The van der Waals surface area contributed by atoms with Crippen molar-refractivity contribution in [2.75, 3.05) is 11.9 Å². The van der Waals surface area contributed by atoms with E-state index in [1.807, 2.05) is 42.5 Å². The zero-order valence-corrected chi connectivity index (χ0v) is 33.0. The molecule has 0 aromatic heterocycles. The van der Waals surface area contributed by atoms with Gasteiger partial charge in [0.25, 0.3) is 11.8 Å². The van der Waals surface area contributed by atoms with E-state index in [4.69, 9.17) is 9.47 Å². The number of allylic oxidation sites excluding steroid dienone is 4. The summed E-state index contributed by atoms with van der Waals surface area (Å²) in [5.41, 5.74) is -5.47. The van der Waals surface area contributed by atoms with E-state index < -0.39 is 70.5 Å². The number of anilines is 1. The predicted molar refractivity (Wildman–Crippen MR) is 207 cm³/mol. The maximum Gasteiger partial charge on any atom is 0.253 e. The Morgan fingerprint density at radius 1 is 1.02 bits per heavy atom. The molecular formula is C44H46F2N2O9S. The fraction of sp³-hybridized carbons (Fsp3) is 0.477. The van der Waals surface area contributed by atoms with Gasteiger partial charge >= 0.3 is 0 Å². The number of hydrogen-bond acceptors (Lipinski definition) is 10. The summed E-state index contributed by atoms with van der Waals surface area (Å²) in [6.45, 7) is 3.62. The van der Waals surface area contributed by atoms with Gasteiger partial charge in [0, 0.05) is 62.9 Å². The normalized spacial score (nSPS) is 36.6. The lowest BCUT2D eigenvalue weighted by Crippen LogP contribution is -2.71. The number of unbranched alkanes of at least 4 members (excludes halogenated alkanes) is 2. The van der Waals surface area contributed by atoms with E-state index in [1.54, 1.807) is 13.0 Å². The Balaban J connectivity index is 0.918. The third-order valence-corrected chi connectivity index (χ3v) is 14.7. The van der Waals surface area contributed by atoms with E-state index in [0.29, 0.717) is 49.8 Å². The predicted octanol–water partition coefficient (Wildman–Crippen LogP) is 5.90. The number of rotatable bonds is 12. The number of carbonyl (C=O) groups excluding carboxylic acids is 5. The Hall–Kier alpha value is -4.34. The maximum absolute atomic E-state index is 17.7. The molecule has 1 saturated heterocycles. The standard InChI is InChI=1S/C44H46F2N2O9S/c1-41-17-16-27(50)20-32(41)33(45)21-31-30-22-36-44(35(52)24-49,42(30,2)23-34(51)43(31,41)46)57-40(56-36)25-10-12-28(13-11-25)58-29-8-6-7-26(19-29)47-37(53)9-4-3-5-18-48-38(54)14-15-39(48)55/h6-8,10-17,19-20,24,30-31,33-36,40,51-52H,3-5,9,18,21-23H2,1-2H3,(H,47,53)/t30-,31-,33-,34-,35?,36+,40+,41-,42-,43-,44+/m0/s1. The van der Waals surface area contributed by atoms with Crippen molar-refractivity contribution in [1.29, 1.82) is 0 Å². The average Bonchev–Trinajstić information content (AvgIpc) is 3.82. The summed E-state index contributed by atoms with van der Waals surface area (Å²) >= 11 is 1.47. The second-order valence-electron chi connectivity index (χ2n) is 16.8. The summed E-state index contributed by atoms with van der Waals surface area (Å²) in [4.78, 5) is 63.5. The number of nitrogens with zero attached hydrogens (tertiary/aromatic N) is 1. The molecule has 8 rings (SSSR count). The summed E-state index contributed by atoms with van der Waals surface area (Å²) in [6, 6.07) is 14.8. The Labute approximate surface area is 338 Å². The number of nitrogens with one attached hydrogen (secondary N) is 1. The molecule has 4 aliphatic carbocycles. The van der Waals surface area contributed by atoms with Gasteiger partial charge in [-0.2, -0.15) is 0 Å². The molecule has 0 spiro atoms. The minimum atomic E-state index is -2.33. The first kappa shape index (κ1) is 40.4. The van der Waals surface area contributed by atoms with Gasteiger partial charge in [0.05, 0.1) is 12.2 Å². The van der Waals surface area contributed by atoms with Crippen LogP contribution in [-0.4, -0.2) is 87.2 Å². The summed E-state index contributed by atoms with van der Waals surface area (Å²) in [7, 11) is 0. The molecule has 306 valence electrons. The lowest BCUT2D eigenvalue weighted by Gasteiger charge is -2.63. The Morgan fingerprint density at radius 2 is 1.76 bits per heavy atom. The summed E-state index contributed by atoms with van der Waals surface area (Å²) in [5.74, 6) is -2.85. The van der Waals surface area contributed by atoms with Crippen molar-refractivity contribution < 1.29 is 52.4 Å². The van der Waals surface area contributed by atoms with Gasteiger partial charge in [-0.1, -0.05) is 49.4 Å². The number of aliphatic hydroxyl groups excluding tert-OH is 2. The largest absolute Gasteiger partial charge is 0.390 e. The van der Waals surface area contributed by atoms with Crippen LogP contribution in [0, 0.1) is 22.7 Å². The molecule has 0 radical (unpaired) electrons. The van der Waals surface area contributed by atoms with Gasteiger partial charge in [0.2, 0.25) is 5.91 Å². The number of ketones is 1. The van der Waals surface area contributed by atoms with E-state index in [2.05, 4.69) is 5.32 Å². The molecule has 14 heteroatoms. The SMILES string of the molecule is C[C@]12C=CC(=O)C=C1[C@@H](F)C[C@H]1[C@@H]3C[C@H]4O[C@@H](c5ccc(Sc6cccc(NC(=O)CCCCCN7C(=O)C=CC7=O)c6)cc5)O[C@@]4(C(O)C=O)[C@@]3(C)C[C@H](O)[C@@]12F. The average molecular weight is 817 g/mol. The van der Waals surface area contributed by atoms with Crippen molar-refractivity contribution in [3.05, 3.63) is 90.0 Å². The topological polar surface area (TPSA) is 160 Å². The number of fused-ring (bicyclic) bond motifs is 7. The first-order valence-corrected chi connectivity index (χ1v) is 20.6. The number of aliphatic hydroxyl groups is 2. The van der Waals surface area contributed by atoms with Crippen molar-refractivity contribution in [2.45, 2.75) is 111 Å². The van der Waals surface area contributed by atoms with Crippen LogP contribution in [0.5, 0.6) is 0 Å². The number of aldehydes is 1. The molecule has 3 amide bonds. The van der Waals surface area contributed by atoms with Crippen molar-refractivity contribution in [2.24, 2.45) is 22.7 Å². The summed E-state index contributed by atoms with van der Waals surface area (Å²) in [5, 5.41) is 26.1. The zero-order valence-electron chi connectivity index (χ0n) is 32.1. The molecule has 4 fully saturated rings. The highest BCUT2D eigenvalue weighted by Crippen LogP contribution is 2.73. The maximum atomic E-state index is 17.7. The van der Waals surface area contributed by atoms with Gasteiger partial charge in [0.15, 0.2) is 24.0 Å². The highest BCUT2D eigenvalue weighted by atomic mass is 32.2. The van der Waals surface area contributed by atoms with Crippen LogP contribution in [0.2, 0.25) is 0 Å². The Morgan fingerprint density at radius 3 is 2.48 bits per heavy atom. The molecule has 2 heterocycles. The van der Waals surface area contributed by atoms with E-state index in [9.17, 15) is 34.2 Å². The van der Waals surface area contributed by atoms with E-state index in [-0.39, 0.29) is 42.6 Å². The van der Waals surface area contributed by atoms with Crippen molar-refractivity contribution in [3.63, 3.8) is 0 Å². The number of carbonyl (C=O) groups is 5. The number of amides is 3. The molecule has 11 nitrogen and oxygen atoms in total. The fourth-order valence-electron chi connectivity index (χ4n) is 10.9.